The first-order valence-corrected chi connectivity index (χ1v) is 6.73. The molecule has 1 atom stereocenters. The maximum absolute atomic E-state index is 12.4. The lowest BCUT2D eigenvalue weighted by molar-refractivity contribution is 0.0679. The molecule has 106 valence electrons. The van der Waals surface area contributed by atoms with Crippen LogP contribution in [0, 0.1) is 0 Å². The third-order valence-electron chi connectivity index (χ3n) is 3.16. The largest absolute Gasteiger partial charge is 0.335 e. The Morgan fingerprint density at radius 1 is 1.42 bits per heavy atom. The molecule has 0 spiro atoms. The number of nitrogen functional groups attached to an aromatic ring is 1. The lowest BCUT2D eigenvalue weighted by atomic mass is 10.2. The number of carbonyl (C=O) groups excluding carboxylic acids is 1. The average molecular weight is 265 g/mol. The van der Waals surface area contributed by atoms with Crippen molar-refractivity contribution < 1.29 is 4.79 Å². The van der Waals surface area contributed by atoms with Crippen molar-refractivity contribution in [3.63, 3.8) is 0 Å². The van der Waals surface area contributed by atoms with Crippen LogP contribution in [-0.4, -0.2) is 33.4 Å². The maximum atomic E-state index is 12.4. The molecule has 3 N–H and O–H groups in total. The number of rotatable bonds is 7. The summed E-state index contributed by atoms with van der Waals surface area (Å²) in [6.07, 6.45) is 5.89. The molecule has 0 aromatic carbocycles. The van der Waals surface area contributed by atoms with E-state index in [1.54, 1.807) is 0 Å². The Morgan fingerprint density at radius 3 is 2.63 bits per heavy atom. The van der Waals surface area contributed by atoms with Crippen molar-refractivity contribution in [1.29, 1.82) is 0 Å². The molecule has 1 amide bonds. The Kier molecular flexibility index (Phi) is 6.21. The Labute approximate surface area is 114 Å². The fourth-order valence-corrected chi connectivity index (χ4v) is 1.73. The van der Waals surface area contributed by atoms with Gasteiger partial charge in [-0.3, -0.25) is 4.79 Å². The van der Waals surface area contributed by atoms with Gasteiger partial charge in [0.2, 0.25) is 0 Å². The summed E-state index contributed by atoms with van der Waals surface area (Å²) < 4.78 is 0. The van der Waals surface area contributed by atoms with E-state index < -0.39 is 0 Å². The van der Waals surface area contributed by atoms with Crippen molar-refractivity contribution in [2.24, 2.45) is 5.84 Å². The summed E-state index contributed by atoms with van der Waals surface area (Å²) in [5.74, 6) is 5.60. The number of carbonyl (C=O) groups is 1. The van der Waals surface area contributed by atoms with Gasteiger partial charge in [-0.1, -0.05) is 20.3 Å². The van der Waals surface area contributed by atoms with E-state index in [4.69, 9.17) is 5.84 Å². The first-order chi connectivity index (χ1) is 9.13. The molecule has 0 bridgehead atoms. The minimum atomic E-state index is -0.0705. The van der Waals surface area contributed by atoms with E-state index in [-0.39, 0.29) is 11.9 Å². The topological polar surface area (TPSA) is 84.1 Å². The summed E-state index contributed by atoms with van der Waals surface area (Å²) in [6.45, 7) is 6.99. The molecule has 0 saturated heterocycles. The Morgan fingerprint density at radius 2 is 2.16 bits per heavy atom. The van der Waals surface area contributed by atoms with Gasteiger partial charge in [-0.15, -0.1) is 0 Å². The average Bonchev–Trinajstić information content (AvgIpc) is 2.47. The lowest BCUT2D eigenvalue weighted by Gasteiger charge is -2.28. The first-order valence-electron chi connectivity index (χ1n) is 6.73. The van der Waals surface area contributed by atoms with E-state index in [1.165, 1.54) is 12.4 Å². The number of hydrogen-bond acceptors (Lipinski definition) is 5. The number of amides is 1. The summed E-state index contributed by atoms with van der Waals surface area (Å²) in [6, 6.07) is 0.202. The first kappa shape index (κ1) is 15.4. The molecule has 0 aliphatic heterocycles. The molecular formula is C13H23N5O. The summed E-state index contributed by atoms with van der Waals surface area (Å²) in [4.78, 5) is 22.4. The van der Waals surface area contributed by atoms with Crippen molar-refractivity contribution in [2.75, 3.05) is 12.0 Å². The molecule has 1 heterocycles. The number of anilines is 1. The van der Waals surface area contributed by atoms with E-state index in [0.29, 0.717) is 11.5 Å². The second-order valence-electron chi connectivity index (χ2n) is 4.54. The third-order valence-corrected chi connectivity index (χ3v) is 3.16. The van der Waals surface area contributed by atoms with Gasteiger partial charge in [-0.05, 0) is 19.8 Å². The van der Waals surface area contributed by atoms with Crippen molar-refractivity contribution in [1.82, 2.24) is 14.9 Å². The fraction of sp³-hybridized carbons (Fsp3) is 0.615. The zero-order chi connectivity index (χ0) is 14.3. The van der Waals surface area contributed by atoms with Gasteiger partial charge in [0.1, 0.15) is 5.69 Å². The van der Waals surface area contributed by atoms with Crippen LogP contribution < -0.4 is 11.3 Å². The number of nitrogens with two attached hydrogens (primary N) is 1. The zero-order valence-electron chi connectivity index (χ0n) is 11.9. The second-order valence-corrected chi connectivity index (χ2v) is 4.54. The Bertz CT molecular complexity index is 393. The molecule has 0 fully saturated rings. The summed E-state index contributed by atoms with van der Waals surface area (Å²) >= 11 is 0. The van der Waals surface area contributed by atoms with E-state index in [9.17, 15) is 4.79 Å². The van der Waals surface area contributed by atoms with Gasteiger partial charge in [0, 0.05) is 12.6 Å². The van der Waals surface area contributed by atoms with Gasteiger partial charge in [0.15, 0.2) is 5.82 Å². The predicted molar refractivity (Wildman–Crippen MR) is 75.5 cm³/mol. The molecule has 0 saturated carbocycles. The number of nitrogens with one attached hydrogen (secondary N) is 1. The van der Waals surface area contributed by atoms with Crippen LogP contribution in [0.15, 0.2) is 12.4 Å². The van der Waals surface area contributed by atoms with Crippen molar-refractivity contribution in [2.45, 2.75) is 46.1 Å². The number of unbranched alkanes of at least 4 members (excludes halogenated alkanes) is 1. The smallest absolute Gasteiger partial charge is 0.274 e. The number of hydrazine groups is 1. The van der Waals surface area contributed by atoms with E-state index in [0.717, 1.165) is 25.8 Å². The van der Waals surface area contributed by atoms with Gasteiger partial charge in [-0.25, -0.2) is 15.8 Å². The van der Waals surface area contributed by atoms with Crippen LogP contribution in [0.25, 0.3) is 0 Å². The minimum absolute atomic E-state index is 0.0705. The van der Waals surface area contributed by atoms with Crippen LogP contribution in [0.1, 0.15) is 50.5 Å². The molecule has 0 aliphatic rings. The van der Waals surface area contributed by atoms with Gasteiger partial charge in [0.05, 0.1) is 12.4 Å². The second kappa shape index (κ2) is 7.68. The van der Waals surface area contributed by atoms with Crippen LogP contribution in [-0.2, 0) is 0 Å². The molecule has 1 aromatic heterocycles. The highest BCUT2D eigenvalue weighted by molar-refractivity contribution is 5.92. The molecule has 0 radical (unpaired) electrons. The molecule has 6 nitrogen and oxygen atoms in total. The van der Waals surface area contributed by atoms with Crippen LogP contribution in [0.5, 0.6) is 0 Å². The molecular weight excluding hydrogens is 242 g/mol. The van der Waals surface area contributed by atoms with Crippen molar-refractivity contribution >= 4 is 11.7 Å². The minimum Gasteiger partial charge on any atom is -0.335 e. The van der Waals surface area contributed by atoms with E-state index in [2.05, 4.69) is 36.2 Å². The monoisotopic (exact) mass is 265 g/mol. The van der Waals surface area contributed by atoms with Gasteiger partial charge < -0.3 is 10.3 Å². The van der Waals surface area contributed by atoms with Crippen LogP contribution in [0.3, 0.4) is 0 Å². The van der Waals surface area contributed by atoms with Gasteiger partial charge in [-0.2, -0.15) is 0 Å². The Hall–Kier alpha value is -1.69. The highest BCUT2D eigenvalue weighted by Gasteiger charge is 2.21. The van der Waals surface area contributed by atoms with Crippen molar-refractivity contribution in [3.8, 4) is 0 Å². The number of aromatic nitrogens is 2. The zero-order valence-corrected chi connectivity index (χ0v) is 11.9. The van der Waals surface area contributed by atoms with Crippen LogP contribution in [0.2, 0.25) is 0 Å². The third kappa shape index (κ3) is 4.17. The SMILES string of the molecule is CCCCN(C(=O)c1cnc(NN)cn1)C(C)CC. The lowest BCUT2D eigenvalue weighted by Crippen LogP contribution is -2.39. The van der Waals surface area contributed by atoms with E-state index >= 15 is 0 Å². The predicted octanol–water partition coefficient (Wildman–Crippen LogP) is 1.80. The molecule has 1 unspecified atom stereocenters. The molecule has 0 aliphatic carbocycles. The van der Waals surface area contributed by atoms with Gasteiger partial charge >= 0.3 is 0 Å². The highest BCUT2D eigenvalue weighted by atomic mass is 16.2. The fourth-order valence-electron chi connectivity index (χ4n) is 1.73. The normalized spacial score (nSPS) is 12.0. The molecule has 6 heteroatoms. The van der Waals surface area contributed by atoms with Crippen LogP contribution in [0.4, 0.5) is 5.82 Å². The number of hydrogen-bond donors (Lipinski definition) is 2. The summed E-state index contributed by atoms with van der Waals surface area (Å²) in [5, 5.41) is 0. The quantitative estimate of drug-likeness (QED) is 0.580. The molecule has 1 aromatic rings. The standard InChI is InChI=1S/C13H23N5O/c1-4-6-7-18(10(3)5-2)13(19)11-8-16-12(17-14)9-15-11/h8-10H,4-7,14H2,1-3H3,(H,16,17). The molecule has 1 rings (SSSR count). The Balaban J connectivity index is 2.84. The van der Waals surface area contributed by atoms with Crippen LogP contribution >= 0.6 is 0 Å². The highest BCUT2D eigenvalue weighted by Crippen LogP contribution is 2.11. The van der Waals surface area contributed by atoms with Gasteiger partial charge in [0.25, 0.3) is 5.91 Å². The number of nitrogens with zero attached hydrogens (tertiary/aromatic N) is 3. The van der Waals surface area contributed by atoms with Crippen molar-refractivity contribution in [3.05, 3.63) is 18.1 Å². The summed E-state index contributed by atoms with van der Waals surface area (Å²) in [7, 11) is 0. The summed E-state index contributed by atoms with van der Waals surface area (Å²) in [5.41, 5.74) is 2.75. The maximum Gasteiger partial charge on any atom is 0.274 e. The van der Waals surface area contributed by atoms with E-state index in [1.807, 2.05) is 4.90 Å². The molecule has 19 heavy (non-hydrogen) atoms.